The van der Waals surface area contributed by atoms with Crippen LogP contribution in [0.3, 0.4) is 0 Å². The van der Waals surface area contributed by atoms with Crippen molar-refractivity contribution in [3.8, 4) is 5.75 Å². The number of nitrogens with one attached hydrogen (secondary N) is 1. The van der Waals surface area contributed by atoms with Crippen LogP contribution in [0.4, 0.5) is 0 Å². The van der Waals surface area contributed by atoms with Gasteiger partial charge in [-0.05, 0) is 30.2 Å². The molecule has 0 aliphatic carbocycles. The zero-order chi connectivity index (χ0) is 15.2. The summed E-state index contributed by atoms with van der Waals surface area (Å²) in [5.41, 5.74) is 1.12. The SMILES string of the molecule is CC(C)NCc1cc(OCCCS(C)(=O)=O)ccc1Br. The molecular formula is C14H22BrNO3S. The van der Waals surface area contributed by atoms with Crippen LogP contribution < -0.4 is 10.1 Å². The lowest BCUT2D eigenvalue weighted by atomic mass is 10.2. The molecule has 0 bridgehead atoms. The second kappa shape index (κ2) is 8.00. The van der Waals surface area contributed by atoms with E-state index in [0.29, 0.717) is 19.1 Å². The number of ether oxygens (including phenoxy) is 1. The highest BCUT2D eigenvalue weighted by atomic mass is 79.9. The summed E-state index contributed by atoms with van der Waals surface area (Å²) >= 11 is 3.51. The van der Waals surface area contributed by atoms with E-state index in [9.17, 15) is 8.42 Å². The van der Waals surface area contributed by atoms with Crippen LogP contribution in [-0.2, 0) is 16.4 Å². The second-order valence-electron chi connectivity index (χ2n) is 5.12. The van der Waals surface area contributed by atoms with Gasteiger partial charge in [-0.2, -0.15) is 0 Å². The Morgan fingerprint density at radius 1 is 1.35 bits per heavy atom. The van der Waals surface area contributed by atoms with Crippen molar-refractivity contribution in [3.05, 3.63) is 28.2 Å². The van der Waals surface area contributed by atoms with E-state index in [0.717, 1.165) is 22.3 Å². The third-order valence-corrected chi connectivity index (χ3v) is 4.45. The third kappa shape index (κ3) is 7.26. The standard InChI is InChI=1S/C14H22BrNO3S/c1-11(2)16-10-12-9-13(5-6-14(12)15)19-7-4-8-20(3,17)18/h5-6,9,11,16H,4,7-8,10H2,1-3H3. The van der Waals surface area contributed by atoms with Crippen molar-refractivity contribution < 1.29 is 13.2 Å². The van der Waals surface area contributed by atoms with Gasteiger partial charge in [-0.25, -0.2) is 8.42 Å². The van der Waals surface area contributed by atoms with E-state index in [1.807, 2.05) is 18.2 Å². The van der Waals surface area contributed by atoms with Crippen LogP contribution in [0.15, 0.2) is 22.7 Å². The first-order chi connectivity index (χ1) is 9.28. The summed E-state index contributed by atoms with van der Waals surface area (Å²) in [6.07, 6.45) is 1.75. The van der Waals surface area contributed by atoms with Gasteiger partial charge in [-0.3, -0.25) is 0 Å². The van der Waals surface area contributed by atoms with Crippen LogP contribution in [0.2, 0.25) is 0 Å². The molecule has 0 spiro atoms. The highest BCUT2D eigenvalue weighted by Gasteiger charge is 2.05. The number of hydrogen-bond acceptors (Lipinski definition) is 4. The maximum absolute atomic E-state index is 11.0. The first kappa shape index (κ1) is 17.5. The first-order valence-corrected chi connectivity index (χ1v) is 9.45. The van der Waals surface area contributed by atoms with Crippen molar-refractivity contribution in [2.75, 3.05) is 18.6 Å². The summed E-state index contributed by atoms with van der Waals surface area (Å²) in [5.74, 6) is 0.924. The molecule has 0 unspecified atom stereocenters. The van der Waals surface area contributed by atoms with Gasteiger partial charge in [0.2, 0.25) is 0 Å². The first-order valence-electron chi connectivity index (χ1n) is 6.60. The summed E-state index contributed by atoms with van der Waals surface area (Å²) in [4.78, 5) is 0. The minimum atomic E-state index is -2.91. The Bertz CT molecular complexity index is 529. The number of hydrogen-bond donors (Lipinski definition) is 1. The Morgan fingerprint density at radius 2 is 2.05 bits per heavy atom. The van der Waals surface area contributed by atoms with Gasteiger partial charge in [-0.15, -0.1) is 0 Å². The zero-order valence-electron chi connectivity index (χ0n) is 12.1. The molecule has 0 saturated carbocycles. The molecule has 4 nitrogen and oxygen atoms in total. The Kier molecular flexibility index (Phi) is 6.99. The minimum Gasteiger partial charge on any atom is -0.494 e. The zero-order valence-corrected chi connectivity index (χ0v) is 14.6. The largest absolute Gasteiger partial charge is 0.494 e. The molecule has 0 saturated heterocycles. The van der Waals surface area contributed by atoms with E-state index in [1.165, 1.54) is 6.26 Å². The van der Waals surface area contributed by atoms with E-state index in [4.69, 9.17) is 4.74 Å². The molecule has 1 aromatic carbocycles. The van der Waals surface area contributed by atoms with Gasteiger partial charge in [0.05, 0.1) is 12.4 Å². The van der Waals surface area contributed by atoms with Crippen LogP contribution in [0.1, 0.15) is 25.8 Å². The van der Waals surface area contributed by atoms with Crippen LogP contribution >= 0.6 is 15.9 Å². The highest BCUT2D eigenvalue weighted by Crippen LogP contribution is 2.22. The van der Waals surface area contributed by atoms with E-state index < -0.39 is 9.84 Å². The summed E-state index contributed by atoms with van der Waals surface area (Å²) in [7, 11) is -2.91. The Balaban J connectivity index is 2.52. The molecule has 20 heavy (non-hydrogen) atoms. The van der Waals surface area contributed by atoms with Crippen molar-refractivity contribution in [1.82, 2.24) is 5.32 Å². The molecule has 6 heteroatoms. The van der Waals surface area contributed by atoms with Gasteiger partial charge in [-0.1, -0.05) is 29.8 Å². The average molecular weight is 364 g/mol. The van der Waals surface area contributed by atoms with Gasteiger partial charge in [0.1, 0.15) is 15.6 Å². The molecular weight excluding hydrogens is 342 g/mol. The predicted octanol–water partition coefficient (Wildman–Crippen LogP) is 2.76. The van der Waals surface area contributed by atoms with Crippen molar-refractivity contribution in [1.29, 1.82) is 0 Å². The topological polar surface area (TPSA) is 55.4 Å². The van der Waals surface area contributed by atoms with Gasteiger partial charge >= 0.3 is 0 Å². The predicted molar refractivity (Wildman–Crippen MR) is 85.9 cm³/mol. The summed E-state index contributed by atoms with van der Waals surface area (Å²) < 4.78 is 28.7. The number of rotatable bonds is 8. The monoisotopic (exact) mass is 363 g/mol. The molecule has 0 aliphatic heterocycles. The Hall–Kier alpha value is -0.590. The molecule has 0 radical (unpaired) electrons. The van der Waals surface area contributed by atoms with Crippen LogP contribution in [0.25, 0.3) is 0 Å². The molecule has 1 rings (SSSR count). The Labute approximate surface area is 130 Å². The molecule has 0 aromatic heterocycles. The third-order valence-electron chi connectivity index (χ3n) is 2.65. The van der Waals surface area contributed by atoms with Gasteiger partial charge in [0.15, 0.2) is 0 Å². The molecule has 0 heterocycles. The lowest BCUT2D eigenvalue weighted by Gasteiger charge is -2.12. The quantitative estimate of drug-likeness (QED) is 0.721. The normalized spacial score (nSPS) is 11.8. The second-order valence-corrected chi connectivity index (χ2v) is 8.23. The number of halogens is 1. The fourth-order valence-electron chi connectivity index (χ4n) is 1.60. The van der Waals surface area contributed by atoms with E-state index in [1.54, 1.807) is 0 Å². The fraction of sp³-hybridized carbons (Fsp3) is 0.571. The fourth-order valence-corrected chi connectivity index (χ4v) is 2.63. The van der Waals surface area contributed by atoms with Gasteiger partial charge < -0.3 is 10.1 Å². The summed E-state index contributed by atoms with van der Waals surface area (Å²) in [6.45, 7) is 5.36. The number of sulfone groups is 1. The molecule has 114 valence electrons. The van der Waals surface area contributed by atoms with Crippen LogP contribution in [-0.4, -0.2) is 33.1 Å². The Morgan fingerprint density at radius 3 is 2.65 bits per heavy atom. The lowest BCUT2D eigenvalue weighted by molar-refractivity contribution is 0.317. The average Bonchev–Trinajstić information content (AvgIpc) is 2.33. The molecule has 0 atom stereocenters. The minimum absolute atomic E-state index is 0.158. The van der Waals surface area contributed by atoms with Crippen molar-refractivity contribution in [3.63, 3.8) is 0 Å². The lowest BCUT2D eigenvalue weighted by Crippen LogP contribution is -2.22. The summed E-state index contributed by atoms with van der Waals surface area (Å²) in [5, 5.41) is 3.35. The van der Waals surface area contributed by atoms with E-state index in [-0.39, 0.29) is 5.75 Å². The maximum Gasteiger partial charge on any atom is 0.147 e. The molecule has 0 fully saturated rings. The van der Waals surface area contributed by atoms with Crippen molar-refractivity contribution >= 4 is 25.8 Å². The van der Waals surface area contributed by atoms with E-state index >= 15 is 0 Å². The maximum atomic E-state index is 11.0. The van der Waals surface area contributed by atoms with Crippen LogP contribution in [0, 0.1) is 0 Å². The van der Waals surface area contributed by atoms with Crippen molar-refractivity contribution in [2.24, 2.45) is 0 Å². The van der Waals surface area contributed by atoms with Crippen LogP contribution in [0.5, 0.6) is 5.75 Å². The smallest absolute Gasteiger partial charge is 0.147 e. The van der Waals surface area contributed by atoms with Gasteiger partial charge in [0, 0.05) is 23.3 Å². The van der Waals surface area contributed by atoms with Gasteiger partial charge in [0.25, 0.3) is 0 Å². The molecule has 0 amide bonds. The van der Waals surface area contributed by atoms with Crippen molar-refractivity contribution in [2.45, 2.75) is 32.9 Å². The van der Waals surface area contributed by atoms with E-state index in [2.05, 4.69) is 35.1 Å². The molecule has 0 aliphatic rings. The number of benzene rings is 1. The highest BCUT2D eigenvalue weighted by molar-refractivity contribution is 9.10. The molecule has 1 aromatic rings. The summed E-state index contributed by atoms with van der Waals surface area (Å²) in [6, 6.07) is 6.22. The molecule has 1 N–H and O–H groups in total.